The molecule has 1 aliphatic heterocycles. The first-order chi connectivity index (χ1) is 10.7. The number of rotatable bonds is 5. The number of anilines is 1. The summed E-state index contributed by atoms with van der Waals surface area (Å²) in [5.74, 6) is -0.450. The van der Waals surface area contributed by atoms with Crippen LogP contribution in [0.3, 0.4) is 0 Å². The Balaban J connectivity index is 1.51. The van der Waals surface area contributed by atoms with Crippen LogP contribution in [0.4, 0.5) is 14.5 Å². The van der Waals surface area contributed by atoms with Crippen LogP contribution in [0.25, 0.3) is 0 Å². The molecular formula is C17H19F2N3. The fourth-order valence-corrected chi connectivity index (χ4v) is 2.72. The minimum atomic E-state index is -0.450. The molecule has 0 aliphatic carbocycles. The van der Waals surface area contributed by atoms with Gasteiger partial charge in [-0.25, -0.2) is 9.37 Å². The average molecular weight is 303 g/mol. The molecule has 1 atom stereocenters. The second-order valence-electron chi connectivity index (χ2n) is 5.60. The van der Waals surface area contributed by atoms with Crippen molar-refractivity contribution in [3.63, 3.8) is 0 Å². The van der Waals surface area contributed by atoms with E-state index in [1.54, 1.807) is 12.3 Å². The molecule has 1 N–H and O–H groups in total. The summed E-state index contributed by atoms with van der Waals surface area (Å²) in [5.41, 5.74) is 2.82. The molecule has 1 aliphatic rings. The summed E-state index contributed by atoms with van der Waals surface area (Å²) < 4.78 is 25.3. The number of alkyl halides is 1. The molecule has 0 bridgehead atoms. The lowest BCUT2D eigenvalue weighted by Gasteiger charge is -2.18. The number of benzene rings is 1. The molecule has 22 heavy (non-hydrogen) atoms. The van der Waals surface area contributed by atoms with Crippen LogP contribution >= 0.6 is 0 Å². The standard InChI is InChI=1S/C17H19F2N3/c18-9-13-1-3-14(4-2-13)10-20-15-7-8-22(12-15)16-5-6-17(19)21-11-16/h1-6,11,15,20H,7-10,12H2/t15-/m0/s1. The molecule has 1 aromatic carbocycles. The second-order valence-corrected chi connectivity index (χ2v) is 5.60. The molecule has 0 radical (unpaired) electrons. The lowest BCUT2D eigenvalue weighted by molar-refractivity contribution is 0.485. The Hall–Kier alpha value is -2.01. The second kappa shape index (κ2) is 6.83. The van der Waals surface area contributed by atoms with Gasteiger partial charge in [0.25, 0.3) is 0 Å². The Bertz CT molecular complexity index is 598. The van der Waals surface area contributed by atoms with Gasteiger partial charge in [0.1, 0.15) is 6.67 Å². The predicted octanol–water partition coefficient (Wildman–Crippen LogP) is 3.06. The third kappa shape index (κ3) is 3.60. The van der Waals surface area contributed by atoms with E-state index < -0.39 is 12.6 Å². The summed E-state index contributed by atoms with van der Waals surface area (Å²) in [6, 6.07) is 11.1. The Morgan fingerprint density at radius 2 is 1.91 bits per heavy atom. The Morgan fingerprint density at radius 3 is 2.59 bits per heavy atom. The molecule has 1 aromatic heterocycles. The van der Waals surface area contributed by atoms with Crippen molar-refractivity contribution in [3.8, 4) is 0 Å². The smallest absolute Gasteiger partial charge is 0.212 e. The van der Waals surface area contributed by atoms with Crippen molar-refractivity contribution in [1.82, 2.24) is 10.3 Å². The largest absolute Gasteiger partial charge is 0.369 e. The van der Waals surface area contributed by atoms with E-state index in [0.717, 1.165) is 37.3 Å². The van der Waals surface area contributed by atoms with Gasteiger partial charge in [-0.3, -0.25) is 0 Å². The zero-order valence-electron chi connectivity index (χ0n) is 12.3. The van der Waals surface area contributed by atoms with Crippen LogP contribution in [0, 0.1) is 5.95 Å². The molecule has 1 saturated heterocycles. The van der Waals surface area contributed by atoms with Crippen LogP contribution in [-0.4, -0.2) is 24.1 Å². The summed E-state index contributed by atoms with van der Waals surface area (Å²) >= 11 is 0. The normalized spacial score (nSPS) is 17.9. The first kappa shape index (κ1) is 14.9. The van der Waals surface area contributed by atoms with Crippen molar-refractivity contribution in [2.75, 3.05) is 18.0 Å². The van der Waals surface area contributed by atoms with E-state index >= 15 is 0 Å². The molecule has 0 spiro atoms. The minimum absolute atomic E-state index is 0.394. The molecule has 2 heterocycles. The molecule has 0 unspecified atom stereocenters. The highest BCUT2D eigenvalue weighted by Crippen LogP contribution is 2.19. The van der Waals surface area contributed by atoms with Crippen molar-refractivity contribution in [1.29, 1.82) is 0 Å². The van der Waals surface area contributed by atoms with Gasteiger partial charge >= 0.3 is 0 Å². The highest BCUT2D eigenvalue weighted by molar-refractivity contribution is 5.45. The first-order valence-corrected chi connectivity index (χ1v) is 7.48. The number of hydrogen-bond donors (Lipinski definition) is 1. The van der Waals surface area contributed by atoms with Gasteiger partial charge in [0, 0.05) is 25.7 Å². The van der Waals surface area contributed by atoms with Crippen LogP contribution in [0.1, 0.15) is 17.5 Å². The van der Waals surface area contributed by atoms with E-state index in [1.165, 1.54) is 6.07 Å². The van der Waals surface area contributed by atoms with Crippen LogP contribution in [-0.2, 0) is 13.2 Å². The highest BCUT2D eigenvalue weighted by atomic mass is 19.1. The van der Waals surface area contributed by atoms with E-state index in [-0.39, 0.29) is 0 Å². The summed E-state index contributed by atoms with van der Waals surface area (Å²) in [6.45, 7) is 2.17. The van der Waals surface area contributed by atoms with E-state index in [4.69, 9.17) is 0 Å². The number of pyridine rings is 1. The van der Waals surface area contributed by atoms with Gasteiger partial charge in [0.05, 0.1) is 11.9 Å². The summed E-state index contributed by atoms with van der Waals surface area (Å²) in [5, 5.41) is 3.52. The van der Waals surface area contributed by atoms with Crippen molar-refractivity contribution < 1.29 is 8.78 Å². The SMILES string of the molecule is FCc1ccc(CN[C@H]2CCN(c3ccc(F)nc3)C2)cc1. The lowest BCUT2D eigenvalue weighted by Crippen LogP contribution is -2.32. The van der Waals surface area contributed by atoms with Gasteiger partial charge in [0.15, 0.2) is 0 Å². The molecule has 3 rings (SSSR count). The monoisotopic (exact) mass is 303 g/mol. The van der Waals surface area contributed by atoms with E-state index in [9.17, 15) is 8.78 Å². The molecule has 5 heteroatoms. The molecular weight excluding hydrogens is 284 g/mol. The quantitative estimate of drug-likeness (QED) is 0.861. The van der Waals surface area contributed by atoms with E-state index in [0.29, 0.717) is 11.6 Å². The van der Waals surface area contributed by atoms with Gasteiger partial charge in [-0.05, 0) is 29.7 Å². The predicted molar refractivity (Wildman–Crippen MR) is 82.9 cm³/mol. The fourth-order valence-electron chi connectivity index (χ4n) is 2.72. The van der Waals surface area contributed by atoms with E-state index in [1.807, 2.05) is 24.3 Å². The fraction of sp³-hybridized carbons (Fsp3) is 0.353. The zero-order chi connectivity index (χ0) is 15.4. The third-order valence-corrected chi connectivity index (χ3v) is 4.04. The van der Waals surface area contributed by atoms with Crippen LogP contribution in [0.5, 0.6) is 0 Å². The van der Waals surface area contributed by atoms with Gasteiger partial charge < -0.3 is 10.2 Å². The highest BCUT2D eigenvalue weighted by Gasteiger charge is 2.22. The van der Waals surface area contributed by atoms with Gasteiger partial charge in [-0.2, -0.15) is 4.39 Å². The van der Waals surface area contributed by atoms with Crippen LogP contribution in [0.2, 0.25) is 0 Å². The first-order valence-electron chi connectivity index (χ1n) is 7.48. The summed E-state index contributed by atoms with van der Waals surface area (Å²) in [6.07, 6.45) is 2.62. The minimum Gasteiger partial charge on any atom is -0.369 e. The van der Waals surface area contributed by atoms with Gasteiger partial charge in [-0.1, -0.05) is 24.3 Å². The van der Waals surface area contributed by atoms with E-state index in [2.05, 4.69) is 15.2 Å². The third-order valence-electron chi connectivity index (χ3n) is 4.04. The molecule has 0 saturated carbocycles. The summed E-state index contributed by atoms with van der Waals surface area (Å²) in [7, 11) is 0. The number of halogens is 2. The lowest BCUT2D eigenvalue weighted by atomic mass is 10.1. The Kier molecular flexibility index (Phi) is 4.63. The Labute approximate surface area is 129 Å². The molecule has 2 aromatic rings. The zero-order valence-corrected chi connectivity index (χ0v) is 12.3. The summed E-state index contributed by atoms with van der Waals surface area (Å²) in [4.78, 5) is 5.90. The number of nitrogens with one attached hydrogen (secondary N) is 1. The van der Waals surface area contributed by atoms with Gasteiger partial charge in [-0.15, -0.1) is 0 Å². The maximum atomic E-state index is 12.8. The number of aromatic nitrogens is 1. The van der Waals surface area contributed by atoms with Crippen molar-refractivity contribution >= 4 is 5.69 Å². The van der Waals surface area contributed by atoms with Crippen LogP contribution in [0.15, 0.2) is 42.6 Å². The number of hydrogen-bond acceptors (Lipinski definition) is 3. The maximum absolute atomic E-state index is 12.8. The topological polar surface area (TPSA) is 28.2 Å². The average Bonchev–Trinajstić information content (AvgIpc) is 3.03. The Morgan fingerprint density at radius 1 is 1.14 bits per heavy atom. The van der Waals surface area contributed by atoms with Crippen LogP contribution < -0.4 is 10.2 Å². The van der Waals surface area contributed by atoms with Crippen molar-refractivity contribution in [2.45, 2.75) is 25.7 Å². The van der Waals surface area contributed by atoms with Gasteiger partial charge in [0.2, 0.25) is 5.95 Å². The van der Waals surface area contributed by atoms with Crippen molar-refractivity contribution in [2.24, 2.45) is 0 Å². The molecule has 1 fully saturated rings. The molecule has 116 valence electrons. The van der Waals surface area contributed by atoms with Crippen molar-refractivity contribution in [3.05, 3.63) is 59.7 Å². The molecule has 0 amide bonds. The molecule has 3 nitrogen and oxygen atoms in total. The number of nitrogens with zero attached hydrogens (tertiary/aromatic N) is 2. The maximum Gasteiger partial charge on any atom is 0.212 e.